The molecule has 86 valence electrons. The number of aromatic nitrogens is 1. The molecule has 0 aliphatic carbocycles. The topological polar surface area (TPSA) is 54.0 Å². The van der Waals surface area contributed by atoms with Crippen molar-refractivity contribution >= 4 is 27.7 Å². The van der Waals surface area contributed by atoms with Gasteiger partial charge in [0.15, 0.2) is 0 Å². The molecule has 0 radical (unpaired) electrons. The Kier molecular flexibility index (Phi) is 3.90. The smallest absolute Gasteiger partial charge is 0.228 e. The van der Waals surface area contributed by atoms with Gasteiger partial charge in [0.05, 0.1) is 4.47 Å². The third kappa shape index (κ3) is 2.80. The molecule has 0 bridgehead atoms. The monoisotopic (exact) mass is 283 g/mol. The van der Waals surface area contributed by atoms with Crippen molar-refractivity contribution in [2.75, 3.05) is 18.4 Å². The lowest BCUT2D eigenvalue weighted by Gasteiger charge is -2.21. The summed E-state index contributed by atoms with van der Waals surface area (Å²) in [6.07, 6.45) is 3.47. The van der Waals surface area contributed by atoms with Crippen LogP contribution >= 0.6 is 15.9 Å². The molecule has 0 spiro atoms. The highest BCUT2D eigenvalue weighted by Crippen LogP contribution is 2.20. The minimum Gasteiger partial charge on any atom is -0.317 e. The van der Waals surface area contributed by atoms with Crippen LogP contribution in [0.2, 0.25) is 0 Å². The van der Waals surface area contributed by atoms with Crippen LogP contribution in [0.3, 0.4) is 0 Å². The second kappa shape index (κ2) is 5.41. The summed E-state index contributed by atoms with van der Waals surface area (Å²) in [5.41, 5.74) is 0. The number of hydrogen-bond donors (Lipinski definition) is 2. The molecule has 1 amide bonds. The second-order valence-corrected chi connectivity index (χ2v) is 4.70. The summed E-state index contributed by atoms with van der Waals surface area (Å²) in [4.78, 5) is 16.0. The van der Waals surface area contributed by atoms with Gasteiger partial charge in [-0.1, -0.05) is 0 Å². The molecule has 1 fully saturated rings. The summed E-state index contributed by atoms with van der Waals surface area (Å²) in [5.74, 6) is 0.780. The van der Waals surface area contributed by atoms with Gasteiger partial charge in [0.2, 0.25) is 5.91 Å². The van der Waals surface area contributed by atoms with Crippen LogP contribution in [-0.2, 0) is 4.79 Å². The van der Waals surface area contributed by atoms with Crippen LogP contribution in [0.4, 0.5) is 5.82 Å². The standard InChI is InChI=1S/C11H14BrN3O/c12-9-2-1-5-14-10(9)15-11(16)8-3-6-13-7-4-8/h1-2,5,8,13H,3-4,6-7H2,(H,14,15,16). The largest absolute Gasteiger partial charge is 0.317 e. The van der Waals surface area contributed by atoms with Crippen molar-refractivity contribution in [1.82, 2.24) is 10.3 Å². The first-order valence-electron chi connectivity index (χ1n) is 5.39. The molecule has 16 heavy (non-hydrogen) atoms. The number of pyridine rings is 1. The Labute approximate surface area is 103 Å². The Hall–Kier alpha value is -0.940. The zero-order valence-corrected chi connectivity index (χ0v) is 10.5. The number of anilines is 1. The highest BCUT2D eigenvalue weighted by atomic mass is 79.9. The van der Waals surface area contributed by atoms with E-state index in [1.165, 1.54) is 0 Å². The van der Waals surface area contributed by atoms with Crippen molar-refractivity contribution < 1.29 is 4.79 Å². The lowest BCUT2D eigenvalue weighted by atomic mass is 9.97. The van der Waals surface area contributed by atoms with E-state index >= 15 is 0 Å². The molecule has 0 saturated carbocycles. The Balaban J connectivity index is 1.99. The summed E-state index contributed by atoms with van der Waals surface area (Å²) in [6, 6.07) is 3.69. The van der Waals surface area contributed by atoms with E-state index in [-0.39, 0.29) is 11.8 Å². The van der Waals surface area contributed by atoms with Gasteiger partial charge in [-0.25, -0.2) is 4.98 Å². The minimum absolute atomic E-state index is 0.0703. The van der Waals surface area contributed by atoms with Gasteiger partial charge in [0, 0.05) is 12.1 Å². The van der Waals surface area contributed by atoms with Gasteiger partial charge >= 0.3 is 0 Å². The van der Waals surface area contributed by atoms with Crippen molar-refractivity contribution in [3.8, 4) is 0 Å². The molecular formula is C11H14BrN3O. The molecule has 0 unspecified atom stereocenters. The van der Waals surface area contributed by atoms with E-state index in [2.05, 4.69) is 31.5 Å². The lowest BCUT2D eigenvalue weighted by Crippen LogP contribution is -2.34. The molecule has 1 aliphatic heterocycles. The van der Waals surface area contributed by atoms with E-state index in [0.717, 1.165) is 30.4 Å². The first kappa shape index (κ1) is 11.5. The number of carbonyl (C=O) groups excluding carboxylic acids is 1. The third-order valence-electron chi connectivity index (χ3n) is 2.71. The maximum absolute atomic E-state index is 11.9. The maximum atomic E-state index is 11.9. The molecule has 5 heteroatoms. The van der Waals surface area contributed by atoms with Crippen molar-refractivity contribution in [3.05, 3.63) is 22.8 Å². The number of carbonyl (C=O) groups is 1. The van der Waals surface area contributed by atoms with E-state index in [1.807, 2.05) is 12.1 Å². The van der Waals surface area contributed by atoms with E-state index in [1.54, 1.807) is 6.20 Å². The fourth-order valence-electron chi connectivity index (χ4n) is 1.78. The summed E-state index contributed by atoms with van der Waals surface area (Å²) < 4.78 is 0.817. The van der Waals surface area contributed by atoms with E-state index in [0.29, 0.717) is 5.82 Å². The molecule has 1 saturated heterocycles. The molecule has 2 heterocycles. The van der Waals surface area contributed by atoms with Gasteiger partial charge in [0.1, 0.15) is 5.82 Å². The molecule has 0 atom stereocenters. The zero-order valence-electron chi connectivity index (χ0n) is 8.87. The first-order valence-corrected chi connectivity index (χ1v) is 6.19. The predicted octanol–water partition coefficient (Wildman–Crippen LogP) is 1.78. The average molecular weight is 284 g/mol. The molecule has 2 rings (SSSR count). The number of halogens is 1. The van der Waals surface area contributed by atoms with Gasteiger partial charge in [0.25, 0.3) is 0 Å². The third-order valence-corrected chi connectivity index (χ3v) is 3.35. The Bertz CT molecular complexity index is 377. The number of amides is 1. The maximum Gasteiger partial charge on any atom is 0.228 e. The van der Waals surface area contributed by atoms with Gasteiger partial charge in [-0.2, -0.15) is 0 Å². The number of nitrogens with one attached hydrogen (secondary N) is 2. The molecule has 1 aromatic rings. The van der Waals surface area contributed by atoms with Gasteiger partial charge in [-0.3, -0.25) is 4.79 Å². The normalized spacial score (nSPS) is 17.1. The Morgan fingerprint density at radius 3 is 2.94 bits per heavy atom. The van der Waals surface area contributed by atoms with E-state index < -0.39 is 0 Å². The fourth-order valence-corrected chi connectivity index (χ4v) is 2.13. The Morgan fingerprint density at radius 1 is 1.50 bits per heavy atom. The zero-order chi connectivity index (χ0) is 11.4. The quantitative estimate of drug-likeness (QED) is 0.870. The van der Waals surface area contributed by atoms with Crippen LogP contribution in [0.5, 0.6) is 0 Å². The highest BCUT2D eigenvalue weighted by Gasteiger charge is 2.21. The minimum atomic E-state index is 0.0703. The molecule has 0 aromatic carbocycles. The summed E-state index contributed by atoms with van der Waals surface area (Å²) in [7, 11) is 0. The highest BCUT2D eigenvalue weighted by molar-refractivity contribution is 9.10. The van der Waals surface area contributed by atoms with Crippen molar-refractivity contribution in [2.24, 2.45) is 5.92 Å². The molecule has 1 aromatic heterocycles. The average Bonchev–Trinajstić information content (AvgIpc) is 2.33. The fraction of sp³-hybridized carbons (Fsp3) is 0.455. The molecule has 2 N–H and O–H groups in total. The van der Waals surface area contributed by atoms with Crippen LogP contribution in [0.1, 0.15) is 12.8 Å². The summed E-state index contributed by atoms with van der Waals surface area (Å²) in [5, 5.41) is 6.10. The second-order valence-electron chi connectivity index (χ2n) is 3.85. The van der Waals surface area contributed by atoms with Gasteiger partial charge in [-0.05, 0) is 54.0 Å². The van der Waals surface area contributed by atoms with Crippen LogP contribution in [0, 0.1) is 5.92 Å². The SMILES string of the molecule is O=C(Nc1ncccc1Br)C1CCNCC1. The number of nitrogens with zero attached hydrogens (tertiary/aromatic N) is 1. The van der Waals surface area contributed by atoms with Crippen LogP contribution in [0.25, 0.3) is 0 Å². The number of piperidine rings is 1. The summed E-state index contributed by atoms with van der Waals surface area (Å²) >= 11 is 3.36. The molecule has 1 aliphatic rings. The summed E-state index contributed by atoms with van der Waals surface area (Å²) in [6.45, 7) is 1.84. The number of hydrogen-bond acceptors (Lipinski definition) is 3. The van der Waals surface area contributed by atoms with Crippen LogP contribution in [0.15, 0.2) is 22.8 Å². The van der Waals surface area contributed by atoms with Crippen molar-refractivity contribution in [1.29, 1.82) is 0 Å². The predicted molar refractivity (Wildman–Crippen MR) is 66.2 cm³/mol. The molecule has 4 nitrogen and oxygen atoms in total. The molecular weight excluding hydrogens is 270 g/mol. The van der Waals surface area contributed by atoms with E-state index in [4.69, 9.17) is 0 Å². The lowest BCUT2D eigenvalue weighted by molar-refractivity contribution is -0.120. The number of rotatable bonds is 2. The Morgan fingerprint density at radius 2 is 2.25 bits per heavy atom. The van der Waals surface area contributed by atoms with Crippen LogP contribution < -0.4 is 10.6 Å². The van der Waals surface area contributed by atoms with Gasteiger partial charge < -0.3 is 10.6 Å². The van der Waals surface area contributed by atoms with Gasteiger partial charge in [-0.15, -0.1) is 0 Å². The first-order chi connectivity index (χ1) is 7.77. The van der Waals surface area contributed by atoms with Crippen molar-refractivity contribution in [2.45, 2.75) is 12.8 Å². The van der Waals surface area contributed by atoms with Crippen LogP contribution in [-0.4, -0.2) is 24.0 Å². The van der Waals surface area contributed by atoms with E-state index in [9.17, 15) is 4.79 Å². The van der Waals surface area contributed by atoms with Crippen molar-refractivity contribution in [3.63, 3.8) is 0 Å².